The molecule has 1 amide bonds. The second-order valence-corrected chi connectivity index (χ2v) is 17.7. The summed E-state index contributed by atoms with van der Waals surface area (Å²) in [6.45, 7) is 6.78. The molecule has 4 rings (SSSR count). The number of piperazine rings is 1. The highest BCUT2D eigenvalue weighted by Gasteiger charge is 2.39. The molecule has 0 aliphatic carbocycles. The summed E-state index contributed by atoms with van der Waals surface area (Å²) in [5.41, 5.74) is -4.74. The normalized spacial score (nSPS) is 15.1. The molecule has 1 fully saturated rings. The van der Waals surface area contributed by atoms with Crippen LogP contribution in [0.15, 0.2) is 35.6 Å². The van der Waals surface area contributed by atoms with Gasteiger partial charge in [0.05, 0.1) is 29.2 Å². The van der Waals surface area contributed by atoms with Crippen molar-refractivity contribution in [3.8, 4) is 5.88 Å². The largest absolute Gasteiger partial charge is 0.473 e. The molecule has 0 aromatic carbocycles. The standard InChI is InChI=1S/C28H33F7N8O4Si/c1-17(40-19-13-39-43(16-46-9-10-48(2,3)4)25(45)22(19)28(33,34)35)15-47-24-23(29)20(5-6-36-24)42-8-7-41(14-21(42)44)26-37-11-18(12-38-26)27(30,31)32/h5-6,11-13,17,40H,7-10,14-16H2,1-4H3. The van der Waals surface area contributed by atoms with Crippen LogP contribution >= 0.6 is 0 Å². The summed E-state index contributed by atoms with van der Waals surface area (Å²) in [5, 5.41) is 6.33. The van der Waals surface area contributed by atoms with Crippen LogP contribution in [-0.4, -0.2) is 77.6 Å². The van der Waals surface area contributed by atoms with Gasteiger partial charge < -0.3 is 24.6 Å². The molecule has 3 aromatic heterocycles. The van der Waals surface area contributed by atoms with Gasteiger partial charge in [0.2, 0.25) is 17.7 Å². The lowest BCUT2D eigenvalue weighted by atomic mass is 10.2. The Hall–Kier alpha value is -4.33. The van der Waals surface area contributed by atoms with Gasteiger partial charge in [-0.2, -0.15) is 35.8 Å². The van der Waals surface area contributed by atoms with Gasteiger partial charge in [0.25, 0.3) is 11.4 Å². The van der Waals surface area contributed by atoms with Crippen LogP contribution in [0.5, 0.6) is 5.88 Å². The van der Waals surface area contributed by atoms with Crippen LogP contribution in [0.2, 0.25) is 25.7 Å². The molecular formula is C28H33F7N8O4Si. The predicted molar refractivity (Wildman–Crippen MR) is 162 cm³/mol. The zero-order chi connectivity index (χ0) is 35.4. The first-order valence-corrected chi connectivity index (χ1v) is 18.3. The Kier molecular flexibility index (Phi) is 11.0. The molecule has 0 radical (unpaired) electrons. The second-order valence-electron chi connectivity index (χ2n) is 12.1. The Labute approximate surface area is 270 Å². The molecule has 1 aliphatic rings. The van der Waals surface area contributed by atoms with E-state index in [0.29, 0.717) is 17.1 Å². The summed E-state index contributed by atoms with van der Waals surface area (Å²) in [6.07, 6.45) is -6.44. The molecule has 4 heterocycles. The lowest BCUT2D eigenvalue weighted by molar-refractivity contribution is -0.139. The molecule has 0 spiro atoms. The fraction of sp³-hybridized carbons (Fsp3) is 0.500. The van der Waals surface area contributed by atoms with Crippen molar-refractivity contribution in [2.75, 3.05) is 48.0 Å². The number of aromatic nitrogens is 5. The third-order valence-electron chi connectivity index (χ3n) is 7.01. The van der Waals surface area contributed by atoms with Crippen molar-refractivity contribution in [1.29, 1.82) is 0 Å². The van der Waals surface area contributed by atoms with E-state index in [4.69, 9.17) is 9.47 Å². The fourth-order valence-electron chi connectivity index (χ4n) is 4.46. The van der Waals surface area contributed by atoms with E-state index in [1.165, 1.54) is 24.1 Å². The van der Waals surface area contributed by atoms with E-state index in [1.54, 1.807) is 0 Å². The van der Waals surface area contributed by atoms with Gasteiger partial charge in [-0.1, -0.05) is 19.6 Å². The molecular weight excluding hydrogens is 673 g/mol. The average molecular weight is 707 g/mol. The molecule has 0 bridgehead atoms. The maximum absolute atomic E-state index is 15.4. The van der Waals surface area contributed by atoms with Crippen LogP contribution in [0.3, 0.4) is 0 Å². The van der Waals surface area contributed by atoms with E-state index in [9.17, 15) is 35.9 Å². The van der Waals surface area contributed by atoms with Gasteiger partial charge in [-0.25, -0.2) is 19.6 Å². The van der Waals surface area contributed by atoms with Crippen LogP contribution in [0.1, 0.15) is 18.1 Å². The van der Waals surface area contributed by atoms with Crippen LogP contribution < -0.4 is 25.4 Å². The highest BCUT2D eigenvalue weighted by Crippen LogP contribution is 2.33. The molecule has 1 N–H and O–H groups in total. The first-order valence-electron chi connectivity index (χ1n) is 14.6. The second kappa shape index (κ2) is 14.4. The van der Waals surface area contributed by atoms with E-state index >= 15 is 4.39 Å². The predicted octanol–water partition coefficient (Wildman–Crippen LogP) is 4.65. The zero-order valence-electron chi connectivity index (χ0n) is 26.3. The first-order chi connectivity index (χ1) is 22.3. The van der Waals surface area contributed by atoms with Crippen LogP contribution in [0.25, 0.3) is 0 Å². The number of carbonyl (C=O) groups excluding carboxylic acids is 1. The van der Waals surface area contributed by atoms with Gasteiger partial charge in [0.1, 0.15) is 25.4 Å². The van der Waals surface area contributed by atoms with E-state index in [0.717, 1.165) is 17.1 Å². The molecule has 48 heavy (non-hydrogen) atoms. The summed E-state index contributed by atoms with van der Waals surface area (Å²) in [6, 6.07) is 1.06. The number of hydrogen-bond acceptors (Lipinski definition) is 10. The van der Waals surface area contributed by atoms with Gasteiger partial charge >= 0.3 is 12.4 Å². The van der Waals surface area contributed by atoms with Crippen molar-refractivity contribution in [2.45, 2.75) is 57.7 Å². The van der Waals surface area contributed by atoms with Crippen LogP contribution in [0.4, 0.5) is 48.1 Å². The maximum Gasteiger partial charge on any atom is 0.423 e. The van der Waals surface area contributed by atoms with E-state index < -0.39 is 79.8 Å². The minimum atomic E-state index is -5.03. The third kappa shape index (κ3) is 9.17. The number of rotatable bonds is 12. The number of alkyl halides is 6. The number of halogens is 7. The summed E-state index contributed by atoms with van der Waals surface area (Å²) in [4.78, 5) is 39.2. The molecule has 1 saturated heterocycles. The van der Waals surface area contributed by atoms with Crippen molar-refractivity contribution in [3.63, 3.8) is 0 Å². The summed E-state index contributed by atoms with van der Waals surface area (Å²) >= 11 is 0. The van der Waals surface area contributed by atoms with Gasteiger partial charge in [-0.3, -0.25) is 9.59 Å². The van der Waals surface area contributed by atoms with Crippen LogP contribution in [0, 0.1) is 5.82 Å². The molecule has 0 saturated carbocycles. The lowest BCUT2D eigenvalue weighted by Gasteiger charge is -2.34. The van der Waals surface area contributed by atoms with Crippen molar-refractivity contribution in [2.24, 2.45) is 0 Å². The first kappa shape index (κ1) is 36.5. The van der Waals surface area contributed by atoms with Crippen LogP contribution in [-0.2, 0) is 28.6 Å². The molecule has 1 unspecified atom stereocenters. The Bertz CT molecular complexity index is 1650. The van der Waals surface area contributed by atoms with E-state index in [1.807, 2.05) is 0 Å². The Morgan fingerprint density at radius 1 is 1.00 bits per heavy atom. The maximum atomic E-state index is 15.4. The van der Waals surface area contributed by atoms with Crippen molar-refractivity contribution >= 4 is 31.3 Å². The number of anilines is 3. The Balaban J connectivity index is 1.39. The fourth-order valence-corrected chi connectivity index (χ4v) is 5.21. The SMILES string of the molecule is CC(COc1nccc(N2CCN(c3ncc(C(F)(F)F)cn3)CC2=O)c1F)Nc1cnn(COCC[Si](C)(C)C)c(=O)c1C(F)(F)F. The molecule has 1 aliphatic heterocycles. The minimum Gasteiger partial charge on any atom is -0.473 e. The third-order valence-corrected chi connectivity index (χ3v) is 8.71. The Morgan fingerprint density at radius 2 is 1.69 bits per heavy atom. The molecule has 1 atom stereocenters. The number of nitrogens with one attached hydrogen (secondary N) is 1. The minimum absolute atomic E-state index is 0.0644. The van der Waals surface area contributed by atoms with Gasteiger partial charge in [-0.15, -0.1) is 0 Å². The van der Waals surface area contributed by atoms with Crippen molar-refractivity contribution < 1.29 is 45.0 Å². The number of amides is 1. The highest BCUT2D eigenvalue weighted by atomic mass is 28.3. The van der Waals surface area contributed by atoms with Gasteiger partial charge in [-0.05, 0) is 19.0 Å². The topological polar surface area (TPSA) is 128 Å². The average Bonchev–Trinajstić information content (AvgIpc) is 2.98. The van der Waals surface area contributed by atoms with E-state index in [2.05, 4.69) is 45.0 Å². The molecule has 20 heteroatoms. The highest BCUT2D eigenvalue weighted by molar-refractivity contribution is 6.76. The summed E-state index contributed by atoms with van der Waals surface area (Å²) in [5.74, 6) is -2.28. The number of hydrogen-bond donors (Lipinski definition) is 1. The Morgan fingerprint density at radius 3 is 2.29 bits per heavy atom. The summed E-state index contributed by atoms with van der Waals surface area (Å²) < 4.78 is 107. The number of nitrogens with zero attached hydrogens (tertiary/aromatic N) is 7. The molecule has 262 valence electrons. The lowest BCUT2D eigenvalue weighted by Crippen LogP contribution is -2.51. The quantitative estimate of drug-likeness (QED) is 0.162. The smallest absolute Gasteiger partial charge is 0.423 e. The number of carbonyl (C=O) groups is 1. The van der Waals surface area contributed by atoms with Crippen molar-refractivity contribution in [3.05, 3.63) is 58.2 Å². The molecule has 12 nitrogen and oxygen atoms in total. The number of ether oxygens (including phenoxy) is 2. The van der Waals surface area contributed by atoms with Gasteiger partial charge in [0.15, 0.2) is 0 Å². The monoisotopic (exact) mass is 706 g/mol. The van der Waals surface area contributed by atoms with E-state index in [-0.39, 0.29) is 37.9 Å². The molecule has 3 aromatic rings. The summed E-state index contributed by atoms with van der Waals surface area (Å²) in [7, 11) is -1.46. The zero-order valence-corrected chi connectivity index (χ0v) is 27.3. The van der Waals surface area contributed by atoms with Gasteiger partial charge in [0, 0.05) is 46.4 Å². The number of pyridine rings is 1. The van der Waals surface area contributed by atoms with Crippen molar-refractivity contribution in [1.82, 2.24) is 24.7 Å².